The molecule has 0 spiro atoms. The van der Waals surface area contributed by atoms with Crippen LogP contribution in [0.3, 0.4) is 0 Å². The number of rotatable bonds is 7. The lowest BCUT2D eigenvalue weighted by molar-refractivity contribution is -0.121. The number of carbonyl (C=O) groups is 1. The second-order valence-electron chi connectivity index (χ2n) is 6.06. The van der Waals surface area contributed by atoms with Crippen LogP contribution < -0.4 is 10.9 Å². The number of aromatic nitrogens is 2. The van der Waals surface area contributed by atoms with Crippen LogP contribution in [0.2, 0.25) is 0 Å². The molecule has 134 valence electrons. The molecule has 0 fully saturated rings. The second-order valence-corrected chi connectivity index (χ2v) is 7.16. The highest BCUT2D eigenvalue weighted by atomic mass is 32.2. The maximum atomic E-state index is 12.2. The molecule has 0 aliphatic carbocycles. The lowest BCUT2D eigenvalue weighted by atomic mass is 10.2. The first-order chi connectivity index (χ1) is 12.6. The molecular formula is C20H21N3O2S. The Bertz CT molecular complexity index is 951. The summed E-state index contributed by atoms with van der Waals surface area (Å²) in [6.45, 7) is 2.65. The number of hydrogen-bond acceptors (Lipinski definition) is 4. The van der Waals surface area contributed by atoms with Crippen LogP contribution in [0.4, 0.5) is 0 Å². The maximum absolute atomic E-state index is 12.2. The van der Waals surface area contributed by atoms with Crippen molar-refractivity contribution in [1.29, 1.82) is 0 Å². The lowest BCUT2D eigenvalue weighted by Gasteiger charge is -2.10. The minimum atomic E-state index is -0.271. The van der Waals surface area contributed by atoms with Crippen molar-refractivity contribution in [2.75, 3.05) is 12.3 Å². The van der Waals surface area contributed by atoms with E-state index in [1.54, 1.807) is 17.8 Å². The third kappa shape index (κ3) is 4.73. The number of nitrogens with zero attached hydrogens (tertiary/aromatic N) is 2. The van der Waals surface area contributed by atoms with Crippen molar-refractivity contribution in [3.63, 3.8) is 0 Å². The molecule has 1 heterocycles. The molecule has 0 radical (unpaired) electrons. The molecule has 1 aromatic heterocycles. The number of fused-ring (bicyclic) bond motifs is 1. The summed E-state index contributed by atoms with van der Waals surface area (Å²) in [6.07, 6.45) is 1.26. The van der Waals surface area contributed by atoms with E-state index >= 15 is 0 Å². The van der Waals surface area contributed by atoms with Crippen molar-refractivity contribution in [3.8, 4) is 0 Å². The monoisotopic (exact) mass is 367 g/mol. The minimum absolute atomic E-state index is 0.00446. The first-order valence-corrected chi connectivity index (χ1v) is 9.63. The van der Waals surface area contributed by atoms with Gasteiger partial charge in [0.1, 0.15) is 6.54 Å². The summed E-state index contributed by atoms with van der Waals surface area (Å²) in [7, 11) is 0. The third-order valence-corrected chi connectivity index (χ3v) is 5.04. The zero-order valence-corrected chi connectivity index (χ0v) is 15.5. The van der Waals surface area contributed by atoms with Crippen LogP contribution in [0.25, 0.3) is 11.0 Å². The number of carbonyl (C=O) groups excluding carboxylic acids is 1. The molecule has 0 aliphatic rings. The van der Waals surface area contributed by atoms with E-state index in [0.29, 0.717) is 17.6 Å². The first kappa shape index (κ1) is 18.2. The molecule has 0 atom stereocenters. The first-order valence-electron chi connectivity index (χ1n) is 8.48. The standard InChI is InChI=1S/C20H21N3O2S/c1-15-6-8-16(9-7-15)14-26-11-10-21-19(24)13-23-18-5-3-2-4-17(18)22-12-20(23)25/h2-9,12H,10-11,13-14H2,1H3,(H,21,24). The maximum Gasteiger partial charge on any atom is 0.269 e. The van der Waals surface area contributed by atoms with Crippen LogP contribution in [0.15, 0.2) is 59.5 Å². The Morgan fingerprint density at radius 1 is 1.15 bits per heavy atom. The highest BCUT2D eigenvalue weighted by Gasteiger charge is 2.08. The van der Waals surface area contributed by atoms with Gasteiger partial charge in [-0.3, -0.25) is 14.2 Å². The summed E-state index contributed by atoms with van der Waals surface area (Å²) in [6, 6.07) is 15.8. The quantitative estimate of drug-likeness (QED) is 0.652. The van der Waals surface area contributed by atoms with Crippen molar-refractivity contribution in [2.45, 2.75) is 19.2 Å². The van der Waals surface area contributed by atoms with Crippen LogP contribution in [-0.2, 0) is 17.1 Å². The molecule has 1 N–H and O–H groups in total. The molecule has 2 aromatic carbocycles. The molecule has 3 aromatic rings. The topological polar surface area (TPSA) is 64.0 Å². The van der Waals surface area contributed by atoms with Gasteiger partial charge in [-0.2, -0.15) is 11.8 Å². The fraction of sp³-hybridized carbons (Fsp3) is 0.250. The van der Waals surface area contributed by atoms with Crippen LogP contribution >= 0.6 is 11.8 Å². The Labute approximate surface area is 156 Å². The van der Waals surface area contributed by atoms with Crippen molar-refractivity contribution < 1.29 is 4.79 Å². The van der Waals surface area contributed by atoms with E-state index in [-0.39, 0.29) is 18.0 Å². The molecule has 3 rings (SSSR count). The molecule has 1 amide bonds. The predicted molar refractivity (Wildman–Crippen MR) is 106 cm³/mol. The van der Waals surface area contributed by atoms with Crippen LogP contribution in [-0.4, -0.2) is 27.8 Å². The minimum Gasteiger partial charge on any atom is -0.354 e. The Morgan fingerprint density at radius 2 is 1.92 bits per heavy atom. The Kier molecular flexibility index (Phi) is 6.07. The van der Waals surface area contributed by atoms with Gasteiger partial charge in [-0.15, -0.1) is 0 Å². The summed E-state index contributed by atoms with van der Waals surface area (Å²) in [5.74, 6) is 1.58. The number of para-hydroxylation sites is 2. The fourth-order valence-electron chi connectivity index (χ4n) is 2.61. The molecule has 5 nitrogen and oxygen atoms in total. The van der Waals surface area contributed by atoms with Gasteiger partial charge in [0.25, 0.3) is 5.56 Å². The van der Waals surface area contributed by atoms with Gasteiger partial charge >= 0.3 is 0 Å². The normalized spacial score (nSPS) is 10.8. The number of amides is 1. The van der Waals surface area contributed by atoms with E-state index in [4.69, 9.17) is 0 Å². The summed E-state index contributed by atoms with van der Waals surface area (Å²) in [5.41, 5.74) is 3.64. The number of benzene rings is 2. The number of aryl methyl sites for hydroxylation is 1. The van der Waals surface area contributed by atoms with E-state index in [1.807, 2.05) is 18.2 Å². The van der Waals surface area contributed by atoms with Crippen LogP contribution in [0, 0.1) is 6.92 Å². The fourth-order valence-corrected chi connectivity index (χ4v) is 3.43. The molecule has 6 heteroatoms. The summed E-state index contributed by atoms with van der Waals surface area (Å²) in [4.78, 5) is 28.3. The molecule has 0 unspecified atom stereocenters. The summed E-state index contributed by atoms with van der Waals surface area (Å²) < 4.78 is 1.46. The van der Waals surface area contributed by atoms with Crippen molar-refractivity contribution in [2.24, 2.45) is 0 Å². The van der Waals surface area contributed by atoms with Crippen molar-refractivity contribution in [3.05, 3.63) is 76.2 Å². The van der Waals surface area contributed by atoms with E-state index in [1.165, 1.54) is 21.9 Å². The zero-order chi connectivity index (χ0) is 18.4. The molecule has 26 heavy (non-hydrogen) atoms. The average molecular weight is 367 g/mol. The van der Waals surface area contributed by atoms with Crippen LogP contribution in [0.1, 0.15) is 11.1 Å². The van der Waals surface area contributed by atoms with Crippen LogP contribution in [0.5, 0.6) is 0 Å². The van der Waals surface area contributed by atoms with E-state index in [2.05, 4.69) is 41.5 Å². The summed E-state index contributed by atoms with van der Waals surface area (Å²) in [5, 5.41) is 2.88. The average Bonchev–Trinajstić information content (AvgIpc) is 2.65. The molecule has 0 saturated carbocycles. The van der Waals surface area contributed by atoms with Crippen molar-refractivity contribution >= 4 is 28.7 Å². The van der Waals surface area contributed by atoms with E-state index in [9.17, 15) is 9.59 Å². The number of nitrogens with one attached hydrogen (secondary N) is 1. The van der Waals surface area contributed by atoms with Gasteiger partial charge in [0.05, 0.1) is 17.2 Å². The Hall–Kier alpha value is -2.60. The largest absolute Gasteiger partial charge is 0.354 e. The smallest absolute Gasteiger partial charge is 0.269 e. The Balaban J connectivity index is 1.48. The number of thioether (sulfide) groups is 1. The number of hydrogen-bond donors (Lipinski definition) is 1. The van der Waals surface area contributed by atoms with Crippen molar-refractivity contribution in [1.82, 2.24) is 14.9 Å². The zero-order valence-electron chi connectivity index (χ0n) is 14.6. The SMILES string of the molecule is Cc1ccc(CSCCNC(=O)Cn2c(=O)cnc3ccccc32)cc1. The van der Waals surface area contributed by atoms with Gasteiger partial charge in [0, 0.05) is 18.1 Å². The van der Waals surface area contributed by atoms with Gasteiger partial charge in [-0.05, 0) is 24.6 Å². The highest BCUT2D eigenvalue weighted by molar-refractivity contribution is 7.98. The van der Waals surface area contributed by atoms with E-state index in [0.717, 1.165) is 11.5 Å². The van der Waals surface area contributed by atoms with Gasteiger partial charge in [0.2, 0.25) is 5.91 Å². The predicted octanol–water partition coefficient (Wildman–Crippen LogP) is 2.75. The van der Waals surface area contributed by atoms with E-state index < -0.39 is 0 Å². The third-order valence-electron chi connectivity index (χ3n) is 4.01. The van der Waals surface area contributed by atoms with Gasteiger partial charge in [-0.1, -0.05) is 42.0 Å². The van der Waals surface area contributed by atoms with Gasteiger partial charge < -0.3 is 5.32 Å². The molecule has 0 aliphatic heterocycles. The summed E-state index contributed by atoms with van der Waals surface area (Å²) >= 11 is 1.77. The second kappa shape index (κ2) is 8.67. The lowest BCUT2D eigenvalue weighted by Crippen LogP contribution is -2.33. The molecule has 0 bridgehead atoms. The molecular weight excluding hydrogens is 346 g/mol. The Morgan fingerprint density at radius 3 is 2.73 bits per heavy atom. The van der Waals surface area contributed by atoms with Gasteiger partial charge in [0.15, 0.2) is 0 Å². The molecule has 0 saturated heterocycles. The van der Waals surface area contributed by atoms with Gasteiger partial charge in [-0.25, -0.2) is 4.98 Å². The highest BCUT2D eigenvalue weighted by Crippen LogP contribution is 2.12.